The van der Waals surface area contributed by atoms with E-state index < -0.39 is 24.5 Å². The number of amides is 1. The quantitative estimate of drug-likeness (QED) is 0.469. The number of ether oxygens (including phenoxy) is 1. The summed E-state index contributed by atoms with van der Waals surface area (Å²) in [5, 5.41) is 0. The topological polar surface area (TPSA) is 70.2 Å². The smallest absolute Gasteiger partial charge is 0.426 e. The van der Waals surface area contributed by atoms with Crippen LogP contribution in [0.25, 0.3) is 0 Å². The van der Waals surface area contributed by atoms with Gasteiger partial charge in [-0.25, -0.2) is 4.79 Å². The lowest BCUT2D eigenvalue weighted by atomic mass is 9.78. The molecule has 1 atom stereocenters. The molecule has 1 aromatic rings. The fourth-order valence-corrected chi connectivity index (χ4v) is 5.73. The van der Waals surface area contributed by atoms with Crippen LogP contribution in [0.2, 0.25) is 0 Å². The highest BCUT2D eigenvalue weighted by Gasteiger charge is 2.60. The van der Waals surface area contributed by atoms with Crippen molar-refractivity contribution in [3.63, 3.8) is 0 Å². The third-order valence-electron chi connectivity index (χ3n) is 7.81. The zero-order valence-electron chi connectivity index (χ0n) is 21.9. The molecule has 3 saturated heterocycles. The molecule has 4 rings (SSSR count). The summed E-state index contributed by atoms with van der Waals surface area (Å²) in [6.07, 6.45) is -13.8. The molecule has 1 unspecified atom stereocenters. The predicted octanol–water partition coefficient (Wildman–Crippen LogP) is 5.18. The van der Waals surface area contributed by atoms with Crippen LogP contribution < -0.4 is 4.90 Å². The molecule has 0 aliphatic carbocycles. The van der Waals surface area contributed by atoms with E-state index in [0.29, 0.717) is 18.8 Å². The lowest BCUT2D eigenvalue weighted by molar-refractivity contribution is -0.308. The Morgan fingerprint density at radius 2 is 1.64 bits per heavy atom. The minimum atomic E-state index is -5.71. The van der Waals surface area contributed by atoms with Crippen LogP contribution in [0.4, 0.5) is 36.8 Å². The Morgan fingerprint density at radius 1 is 1.05 bits per heavy atom. The van der Waals surface area contributed by atoms with E-state index in [4.69, 9.17) is 9.59 Å². The Labute approximate surface area is 223 Å². The summed E-state index contributed by atoms with van der Waals surface area (Å²) in [5.41, 5.74) is 3.64. The molecule has 7 nitrogen and oxygen atoms in total. The fourth-order valence-electron chi connectivity index (χ4n) is 5.73. The summed E-state index contributed by atoms with van der Waals surface area (Å²) >= 11 is 0. The third-order valence-corrected chi connectivity index (χ3v) is 7.81. The number of likely N-dealkylation sites (tertiary alicyclic amines) is 2. The van der Waals surface area contributed by atoms with Gasteiger partial charge in [-0.3, -0.25) is 4.90 Å². The second kappa shape index (κ2) is 12.2. The van der Waals surface area contributed by atoms with Crippen molar-refractivity contribution in [1.29, 1.82) is 0 Å². The minimum absolute atomic E-state index is 0.0799. The lowest BCUT2D eigenvalue weighted by Crippen LogP contribution is -2.50. The predicted molar refractivity (Wildman–Crippen MR) is 128 cm³/mol. The molecule has 3 heterocycles. The molecule has 1 aromatic carbocycles. The first-order valence-electron chi connectivity index (χ1n) is 12.8. The van der Waals surface area contributed by atoms with Gasteiger partial charge in [-0.2, -0.15) is 35.9 Å². The van der Waals surface area contributed by atoms with Crippen molar-refractivity contribution in [3.05, 3.63) is 29.3 Å². The molecule has 1 spiro atoms. The molecule has 1 amide bonds. The van der Waals surface area contributed by atoms with Crippen molar-refractivity contribution in [2.45, 2.75) is 64.5 Å². The number of benzene rings is 1. The molecule has 13 heteroatoms. The zero-order chi connectivity index (χ0) is 29.0. The molecule has 218 valence electrons. The molecule has 3 aliphatic heterocycles. The second-order valence-electron chi connectivity index (χ2n) is 10.9. The van der Waals surface area contributed by atoms with Gasteiger partial charge in [0.05, 0.1) is 0 Å². The van der Waals surface area contributed by atoms with E-state index in [9.17, 15) is 31.1 Å². The van der Waals surface area contributed by atoms with E-state index >= 15 is 0 Å². The van der Waals surface area contributed by atoms with Crippen LogP contribution in [0.5, 0.6) is 0 Å². The van der Waals surface area contributed by atoms with Gasteiger partial charge in [-0.1, -0.05) is 19.1 Å². The van der Waals surface area contributed by atoms with Crippen LogP contribution >= 0.6 is 0 Å². The molecule has 0 bridgehead atoms. The van der Waals surface area contributed by atoms with E-state index in [1.807, 2.05) is 0 Å². The van der Waals surface area contributed by atoms with Crippen molar-refractivity contribution in [2.24, 2.45) is 11.3 Å². The number of alkyl halides is 6. The van der Waals surface area contributed by atoms with E-state index in [0.717, 1.165) is 44.0 Å². The third kappa shape index (κ3) is 7.88. The number of rotatable bonds is 4. The largest absolute Gasteiger partial charge is 0.434 e. The summed E-state index contributed by atoms with van der Waals surface area (Å²) in [5.74, 6) is 0.660. The fraction of sp³-hybridized carbons (Fsp3) is 0.692. The van der Waals surface area contributed by atoms with Gasteiger partial charge in [0.1, 0.15) is 0 Å². The van der Waals surface area contributed by atoms with E-state index in [1.54, 1.807) is 0 Å². The van der Waals surface area contributed by atoms with Crippen LogP contribution in [-0.2, 0) is 20.9 Å². The summed E-state index contributed by atoms with van der Waals surface area (Å²) in [7, 11) is 0. The Morgan fingerprint density at radius 3 is 2.18 bits per heavy atom. The molecule has 0 N–H and O–H groups in total. The molecule has 3 fully saturated rings. The number of carbonyl (C=O) groups excluding carboxylic acids is 3. The van der Waals surface area contributed by atoms with E-state index in [2.05, 4.69) is 46.6 Å². The molecule has 0 aromatic heterocycles. The number of anilines is 1. The Hall–Kier alpha value is -2.79. The highest BCUT2D eigenvalue weighted by atomic mass is 19.4. The average Bonchev–Trinajstić information content (AvgIpc) is 3.44. The molecule has 0 saturated carbocycles. The number of piperidine rings is 1. The van der Waals surface area contributed by atoms with Crippen LogP contribution in [0.15, 0.2) is 18.2 Å². The molecule has 3 aliphatic rings. The van der Waals surface area contributed by atoms with E-state index in [-0.39, 0.29) is 24.7 Å². The molecular weight excluding hydrogens is 532 g/mol. The minimum Gasteiger partial charge on any atom is -0.426 e. The van der Waals surface area contributed by atoms with Gasteiger partial charge in [0.25, 0.3) is 6.10 Å². The first-order valence-corrected chi connectivity index (χ1v) is 12.8. The Bertz CT molecular complexity index is 1020. The van der Waals surface area contributed by atoms with Crippen LogP contribution in [0.1, 0.15) is 43.7 Å². The van der Waals surface area contributed by atoms with Crippen molar-refractivity contribution in [3.8, 4) is 0 Å². The standard InChI is InChI=1S/C25H33F6N3O2.CO2/c1-17-3-4-19(20(13-17)34-9-5-18(2)14-34)15-32-10-6-23(16-32)7-11-33(12-8-23)22(35)36-21(24(26,27)28)25(29,30)31;2-1-3/h3-4,13,18,21H,5-12,14-16H2,1-2H3;. The van der Waals surface area contributed by atoms with Gasteiger partial charge in [0, 0.05) is 45.0 Å². The maximum absolute atomic E-state index is 12.8. The Kier molecular flexibility index (Phi) is 9.59. The van der Waals surface area contributed by atoms with Crippen LogP contribution in [0, 0.1) is 18.3 Å². The van der Waals surface area contributed by atoms with Gasteiger partial charge in [-0.05, 0) is 67.7 Å². The summed E-state index contributed by atoms with van der Waals surface area (Å²) < 4.78 is 80.4. The highest BCUT2D eigenvalue weighted by molar-refractivity contribution is 5.68. The van der Waals surface area contributed by atoms with Gasteiger partial charge < -0.3 is 14.5 Å². The second-order valence-corrected chi connectivity index (χ2v) is 10.9. The molecular formula is C26H33F6N3O4. The maximum atomic E-state index is 12.8. The van der Waals surface area contributed by atoms with Gasteiger partial charge in [-0.15, -0.1) is 0 Å². The average molecular weight is 566 g/mol. The number of nitrogens with zero attached hydrogens (tertiary/aromatic N) is 3. The lowest BCUT2D eigenvalue weighted by Gasteiger charge is -2.39. The number of carbonyl (C=O) groups is 1. The monoisotopic (exact) mass is 565 g/mol. The molecule has 39 heavy (non-hydrogen) atoms. The summed E-state index contributed by atoms with van der Waals surface area (Å²) in [4.78, 5) is 34.1. The van der Waals surface area contributed by atoms with Crippen molar-refractivity contribution < 1.29 is 45.5 Å². The normalized spacial score (nSPS) is 21.6. The van der Waals surface area contributed by atoms with Crippen molar-refractivity contribution in [1.82, 2.24) is 9.80 Å². The SMILES string of the molecule is Cc1ccc(CN2CCC3(CCN(C(=O)OC(C(F)(F)F)C(F)(F)F)CC3)C2)c(N2CCC(C)C2)c1.O=C=O. The summed E-state index contributed by atoms with van der Waals surface area (Å²) in [6.45, 7) is 9.01. The number of hydrogen-bond acceptors (Lipinski definition) is 6. The van der Waals surface area contributed by atoms with Crippen LogP contribution in [0.3, 0.4) is 0 Å². The number of halogens is 6. The number of hydrogen-bond donors (Lipinski definition) is 0. The van der Waals surface area contributed by atoms with Crippen LogP contribution in [-0.4, -0.2) is 79.8 Å². The van der Waals surface area contributed by atoms with Gasteiger partial charge >= 0.3 is 24.6 Å². The first kappa shape index (κ1) is 30.7. The maximum Gasteiger partial charge on any atom is 0.434 e. The zero-order valence-corrected chi connectivity index (χ0v) is 21.9. The molecule has 0 radical (unpaired) electrons. The van der Waals surface area contributed by atoms with Gasteiger partial charge in [0.15, 0.2) is 0 Å². The number of aryl methyl sites for hydroxylation is 1. The van der Waals surface area contributed by atoms with E-state index in [1.165, 1.54) is 23.2 Å². The highest BCUT2D eigenvalue weighted by Crippen LogP contribution is 2.42. The summed E-state index contributed by atoms with van der Waals surface area (Å²) in [6, 6.07) is 6.52. The van der Waals surface area contributed by atoms with Crippen molar-refractivity contribution in [2.75, 3.05) is 44.2 Å². The Balaban J connectivity index is 0.00000134. The first-order chi connectivity index (χ1) is 18.2. The van der Waals surface area contributed by atoms with Crippen molar-refractivity contribution >= 4 is 17.9 Å². The van der Waals surface area contributed by atoms with Gasteiger partial charge in [0.2, 0.25) is 0 Å².